The van der Waals surface area contributed by atoms with Crippen molar-refractivity contribution in [2.45, 2.75) is 6.42 Å². The highest BCUT2D eigenvalue weighted by molar-refractivity contribution is 5.96. The molecule has 0 spiro atoms. The van der Waals surface area contributed by atoms with Crippen LogP contribution in [0.5, 0.6) is 5.75 Å². The Morgan fingerprint density at radius 1 is 1.23 bits per heavy atom. The Kier molecular flexibility index (Phi) is 7.99. The minimum atomic E-state index is -0.323. The number of aromatic nitrogens is 2. The number of halogens is 1. The van der Waals surface area contributed by atoms with Crippen molar-refractivity contribution in [1.82, 2.24) is 25.1 Å². The van der Waals surface area contributed by atoms with Gasteiger partial charge in [0.15, 0.2) is 0 Å². The van der Waals surface area contributed by atoms with E-state index in [1.165, 1.54) is 12.1 Å². The first kappa shape index (κ1) is 24.7. The maximum absolute atomic E-state index is 14.0. The van der Waals surface area contributed by atoms with Gasteiger partial charge in [-0.05, 0) is 54.9 Å². The van der Waals surface area contributed by atoms with Gasteiger partial charge in [-0.15, -0.1) is 0 Å². The molecule has 35 heavy (non-hydrogen) atoms. The maximum Gasteiger partial charge on any atom is 0.317 e. The first-order valence-corrected chi connectivity index (χ1v) is 11.7. The fraction of sp³-hybridized carbons (Fsp3) is 0.385. The highest BCUT2D eigenvalue weighted by Gasteiger charge is 2.20. The summed E-state index contributed by atoms with van der Waals surface area (Å²) in [6, 6.07) is 8.35. The standard InChI is InChI=1S/C26H32FN5O3/c1-31(14-15-34-2)13-10-29-26(33)32-11-7-18(8-12-32)23-17-22-20(6-9-28-25(22)30-23)21-16-19(27)4-5-24(21)35-3/h4-7,9,16-17H,8,10-15H2,1-3H3,(H,28,30)(H,29,33). The number of hydrogen-bond donors (Lipinski definition) is 2. The number of carbonyl (C=O) groups excluding carboxylic acids is 1. The van der Waals surface area contributed by atoms with Gasteiger partial charge in [-0.1, -0.05) is 6.08 Å². The molecule has 0 atom stereocenters. The van der Waals surface area contributed by atoms with Crippen LogP contribution in [-0.2, 0) is 4.74 Å². The minimum Gasteiger partial charge on any atom is -0.496 e. The lowest BCUT2D eigenvalue weighted by atomic mass is 10.0. The number of benzene rings is 1. The lowest BCUT2D eigenvalue weighted by Gasteiger charge is -2.27. The van der Waals surface area contributed by atoms with E-state index in [1.54, 1.807) is 26.5 Å². The second-order valence-corrected chi connectivity index (χ2v) is 8.60. The van der Waals surface area contributed by atoms with E-state index in [4.69, 9.17) is 9.47 Å². The van der Waals surface area contributed by atoms with Crippen molar-refractivity contribution in [2.24, 2.45) is 0 Å². The summed E-state index contributed by atoms with van der Waals surface area (Å²) in [5.74, 6) is 0.279. The molecular weight excluding hydrogens is 449 g/mol. The first-order chi connectivity index (χ1) is 17.0. The zero-order valence-corrected chi connectivity index (χ0v) is 20.4. The number of ether oxygens (including phenoxy) is 2. The number of aromatic amines is 1. The molecule has 3 heterocycles. The van der Waals surface area contributed by atoms with E-state index in [0.717, 1.165) is 47.4 Å². The number of pyridine rings is 1. The van der Waals surface area contributed by atoms with Crippen molar-refractivity contribution in [3.05, 3.63) is 54.1 Å². The number of amides is 2. The molecule has 3 aromatic rings. The molecular formula is C26H32FN5O3. The number of H-pyrrole nitrogens is 1. The largest absolute Gasteiger partial charge is 0.496 e. The predicted molar refractivity (Wildman–Crippen MR) is 135 cm³/mol. The van der Waals surface area contributed by atoms with Crippen LogP contribution in [0.3, 0.4) is 0 Å². The van der Waals surface area contributed by atoms with E-state index >= 15 is 0 Å². The van der Waals surface area contributed by atoms with Crippen LogP contribution in [0.25, 0.3) is 27.7 Å². The fourth-order valence-electron chi connectivity index (χ4n) is 4.25. The Morgan fingerprint density at radius 2 is 2.09 bits per heavy atom. The average molecular weight is 482 g/mol. The van der Waals surface area contributed by atoms with Crippen LogP contribution in [0.1, 0.15) is 12.1 Å². The van der Waals surface area contributed by atoms with Gasteiger partial charge >= 0.3 is 6.03 Å². The fourth-order valence-corrected chi connectivity index (χ4v) is 4.25. The number of carbonyl (C=O) groups is 1. The second kappa shape index (κ2) is 11.3. The van der Waals surface area contributed by atoms with Crippen LogP contribution in [0.4, 0.5) is 9.18 Å². The molecule has 0 aliphatic carbocycles. The van der Waals surface area contributed by atoms with E-state index in [-0.39, 0.29) is 11.8 Å². The Balaban J connectivity index is 1.44. The minimum absolute atomic E-state index is 0.0563. The van der Waals surface area contributed by atoms with Gasteiger partial charge in [0.05, 0.1) is 13.7 Å². The number of nitrogens with one attached hydrogen (secondary N) is 2. The van der Waals surface area contributed by atoms with Crippen LogP contribution < -0.4 is 10.1 Å². The monoisotopic (exact) mass is 481 g/mol. The smallest absolute Gasteiger partial charge is 0.317 e. The van der Waals surface area contributed by atoms with E-state index in [1.807, 2.05) is 24.1 Å². The lowest BCUT2D eigenvalue weighted by Crippen LogP contribution is -2.44. The summed E-state index contributed by atoms with van der Waals surface area (Å²) in [4.78, 5) is 24.3. The third kappa shape index (κ3) is 5.80. The first-order valence-electron chi connectivity index (χ1n) is 11.7. The van der Waals surface area contributed by atoms with Crippen LogP contribution in [0.15, 0.2) is 42.6 Å². The van der Waals surface area contributed by atoms with Crippen molar-refractivity contribution in [1.29, 1.82) is 0 Å². The third-order valence-electron chi connectivity index (χ3n) is 6.27. The van der Waals surface area contributed by atoms with Gasteiger partial charge in [0.25, 0.3) is 0 Å². The highest BCUT2D eigenvalue weighted by atomic mass is 19.1. The van der Waals surface area contributed by atoms with Crippen molar-refractivity contribution < 1.29 is 18.7 Å². The number of fused-ring (bicyclic) bond motifs is 1. The maximum atomic E-state index is 14.0. The number of methoxy groups -OCH3 is 2. The Morgan fingerprint density at radius 3 is 2.83 bits per heavy atom. The Labute approximate surface area is 204 Å². The molecule has 9 heteroatoms. The summed E-state index contributed by atoms with van der Waals surface area (Å²) < 4.78 is 24.5. The van der Waals surface area contributed by atoms with Crippen molar-refractivity contribution in [3.8, 4) is 16.9 Å². The van der Waals surface area contributed by atoms with Crippen LogP contribution >= 0.6 is 0 Å². The molecule has 0 radical (unpaired) electrons. The number of hydrogen-bond acceptors (Lipinski definition) is 5. The third-order valence-corrected chi connectivity index (χ3v) is 6.27. The topological polar surface area (TPSA) is 82.7 Å². The molecule has 2 N–H and O–H groups in total. The Bertz CT molecular complexity index is 1210. The van der Waals surface area contributed by atoms with Crippen molar-refractivity contribution in [3.63, 3.8) is 0 Å². The van der Waals surface area contributed by atoms with Crippen LogP contribution in [-0.4, -0.2) is 86.4 Å². The van der Waals surface area contributed by atoms with Crippen LogP contribution in [0.2, 0.25) is 0 Å². The highest BCUT2D eigenvalue weighted by Crippen LogP contribution is 2.36. The summed E-state index contributed by atoms with van der Waals surface area (Å²) in [6.45, 7) is 4.02. The number of urea groups is 1. The number of likely N-dealkylation sites (N-methyl/N-ethyl adjacent to an activating group) is 1. The van der Waals surface area contributed by atoms with E-state index in [2.05, 4.69) is 26.3 Å². The molecule has 8 nitrogen and oxygen atoms in total. The van der Waals surface area contributed by atoms with Gasteiger partial charge in [-0.25, -0.2) is 14.2 Å². The summed E-state index contributed by atoms with van der Waals surface area (Å²) >= 11 is 0. The van der Waals surface area contributed by atoms with Gasteiger partial charge in [0, 0.05) is 62.7 Å². The molecule has 1 aromatic carbocycles. The molecule has 4 rings (SSSR count). The molecule has 0 unspecified atom stereocenters. The van der Waals surface area contributed by atoms with Gasteiger partial charge in [0.1, 0.15) is 17.2 Å². The summed E-state index contributed by atoms with van der Waals surface area (Å²) in [5.41, 5.74) is 4.33. The molecule has 0 saturated heterocycles. The molecule has 2 amide bonds. The number of nitrogens with zero attached hydrogens (tertiary/aromatic N) is 3. The van der Waals surface area contributed by atoms with E-state index in [0.29, 0.717) is 37.6 Å². The molecule has 1 aliphatic heterocycles. The van der Waals surface area contributed by atoms with Gasteiger partial charge in [-0.3, -0.25) is 0 Å². The summed E-state index contributed by atoms with van der Waals surface area (Å²) in [7, 11) is 5.26. The van der Waals surface area contributed by atoms with Gasteiger partial charge in [0.2, 0.25) is 0 Å². The molecule has 1 aliphatic rings. The quantitative estimate of drug-likeness (QED) is 0.486. The van der Waals surface area contributed by atoms with E-state index < -0.39 is 0 Å². The lowest BCUT2D eigenvalue weighted by molar-refractivity contribution is 0.160. The van der Waals surface area contributed by atoms with E-state index in [9.17, 15) is 9.18 Å². The van der Waals surface area contributed by atoms with Gasteiger partial charge in [-0.2, -0.15) is 0 Å². The SMILES string of the molecule is COCCN(C)CCNC(=O)N1CC=C(c2cc3c(-c4cc(F)ccc4OC)ccnc3[nH]2)CC1. The second-order valence-electron chi connectivity index (χ2n) is 8.60. The average Bonchev–Trinajstić information content (AvgIpc) is 3.32. The predicted octanol–water partition coefficient (Wildman–Crippen LogP) is 3.75. The summed E-state index contributed by atoms with van der Waals surface area (Å²) in [5, 5.41) is 3.89. The molecule has 186 valence electrons. The molecule has 0 bridgehead atoms. The molecule has 2 aromatic heterocycles. The molecule has 0 fully saturated rings. The zero-order valence-electron chi connectivity index (χ0n) is 20.4. The zero-order chi connectivity index (χ0) is 24.8. The molecule has 0 saturated carbocycles. The number of rotatable bonds is 9. The van der Waals surface area contributed by atoms with Gasteiger partial charge < -0.3 is 29.6 Å². The van der Waals surface area contributed by atoms with Crippen molar-refractivity contribution >= 4 is 22.6 Å². The Hall–Kier alpha value is -3.43. The van der Waals surface area contributed by atoms with Crippen LogP contribution in [0, 0.1) is 5.82 Å². The van der Waals surface area contributed by atoms with Crippen molar-refractivity contribution in [2.75, 3.05) is 60.6 Å². The normalized spacial score (nSPS) is 13.9. The summed E-state index contributed by atoms with van der Waals surface area (Å²) in [6.07, 6.45) is 4.50.